The van der Waals surface area contributed by atoms with E-state index in [4.69, 9.17) is 5.53 Å². The highest BCUT2D eigenvalue weighted by Crippen LogP contribution is 2.41. The van der Waals surface area contributed by atoms with E-state index in [0.29, 0.717) is 12.2 Å². The number of hydrogen-bond donors (Lipinski definition) is 0. The lowest BCUT2D eigenvalue weighted by Crippen LogP contribution is -2.75. The molecule has 0 aliphatic rings. The van der Waals surface area contributed by atoms with Crippen molar-refractivity contribution in [3.63, 3.8) is 0 Å². The van der Waals surface area contributed by atoms with Gasteiger partial charge in [0.2, 0.25) is 5.78 Å². The van der Waals surface area contributed by atoms with Crippen molar-refractivity contribution >= 4 is 44.6 Å². The number of carbonyl (C=O) groups is 1. The number of aromatic nitrogens is 1. The number of pyridine rings is 1. The minimum Gasteiger partial charge on any atom is -0.287 e. The third kappa shape index (κ3) is 13.7. The van der Waals surface area contributed by atoms with E-state index in [1.54, 1.807) is 0 Å². The van der Waals surface area contributed by atoms with Crippen molar-refractivity contribution in [2.75, 3.05) is 6.54 Å². The lowest BCUT2D eigenvalue weighted by Gasteiger charge is -2.46. The minimum absolute atomic E-state index is 0.181. The molecule has 0 saturated carbocycles. The number of benzene rings is 6. The first-order valence-electron chi connectivity index (χ1n) is 21.9. The first kappa shape index (κ1) is 61.3. The van der Waals surface area contributed by atoms with Gasteiger partial charge in [-0.25, -0.2) is 0 Å². The van der Waals surface area contributed by atoms with Crippen LogP contribution in [0.15, 0.2) is 145 Å². The third-order valence-corrected chi connectivity index (χ3v) is 12.1. The van der Waals surface area contributed by atoms with Crippen LogP contribution in [0.25, 0.3) is 21.2 Å². The van der Waals surface area contributed by atoms with Gasteiger partial charge in [0.1, 0.15) is 6.15 Å². The summed E-state index contributed by atoms with van der Waals surface area (Å²) in [5, 5.41) is 5.27. The van der Waals surface area contributed by atoms with Crippen molar-refractivity contribution in [3.05, 3.63) is 206 Å². The van der Waals surface area contributed by atoms with Crippen molar-refractivity contribution in [3.8, 4) is 0 Å². The van der Waals surface area contributed by atoms with Crippen molar-refractivity contribution in [2.45, 2.75) is 56.0 Å². The van der Waals surface area contributed by atoms with Crippen LogP contribution in [0.5, 0.6) is 0 Å². The Morgan fingerprint density at radius 3 is 0.988 bits per heavy atom. The number of rotatable bonds is 9. The second kappa shape index (κ2) is 21.6. The second-order valence-electron chi connectivity index (χ2n) is 17.4. The fourth-order valence-corrected chi connectivity index (χ4v) is 8.72. The molecule has 80 heavy (non-hydrogen) atoms. The normalized spacial score (nSPS) is 13.2. The number of fused-ring (bicyclic) bond motifs is 1. The molecule has 0 atom stereocenters. The predicted octanol–water partition coefficient (Wildman–Crippen LogP) is 14.9. The van der Waals surface area contributed by atoms with Gasteiger partial charge in [-0.2, -0.15) is 132 Å². The Kier molecular flexibility index (Phi) is 16.6. The first-order valence-corrected chi connectivity index (χ1v) is 21.9. The van der Waals surface area contributed by atoms with E-state index in [0.717, 1.165) is 16.3 Å². The summed E-state index contributed by atoms with van der Waals surface area (Å²) in [5.74, 6) is -0.185. The first-order chi connectivity index (χ1) is 36.6. The van der Waals surface area contributed by atoms with E-state index < -0.39 is 195 Å². The molecule has 0 bridgehead atoms. The highest BCUT2D eigenvalue weighted by molar-refractivity contribution is 7.20. The monoisotopic (exact) mass is 1170 g/mol. The highest BCUT2D eigenvalue weighted by Gasteiger charge is 2.47. The predicted molar refractivity (Wildman–Crippen MR) is 238 cm³/mol. The maximum Gasteiger partial charge on any atom is 0.416 e. The summed E-state index contributed by atoms with van der Waals surface area (Å²) in [4.78, 5) is 15.2. The number of halogens is 24. The standard InChI is InChI=1S/C32H12BF24.C18H15N4O/c34-25(35,36)13-1-14(26(37,38)39)6-21(5-13)33(22-7-15(27(40,41)42)2-16(8-22)28(43,44)45,23-9-17(29(46,47)48)3-18(10-23)30(49,50)51)24-11-19(31(52,53)54)4-20(12-24)32(55,56)57;19-21-20-12-17(23)18-16-9-5-4-8-15(16)10-11-22(18)13-14-6-2-1-3-7-14/h1-12H;1-11H,12-13H2/q-1;+1. The van der Waals surface area contributed by atoms with Crippen LogP contribution in [0.3, 0.4) is 0 Å². The van der Waals surface area contributed by atoms with Crippen LogP contribution in [0.2, 0.25) is 0 Å². The molecule has 7 aromatic rings. The van der Waals surface area contributed by atoms with Crippen LogP contribution in [-0.4, -0.2) is 18.5 Å². The molecule has 424 valence electrons. The van der Waals surface area contributed by atoms with Crippen LogP contribution in [0.1, 0.15) is 60.6 Å². The molecule has 0 unspecified atom stereocenters. The van der Waals surface area contributed by atoms with Gasteiger partial charge in [-0.1, -0.05) is 102 Å². The SMILES string of the molecule is FC(F)(F)c1cc([B-](c2cc(C(F)(F)F)cc(C(F)(F)F)c2)(c2cc(C(F)(F)F)cc(C(F)(F)F)c2)c2cc(C(F)(F)F)cc(C(F)(F)F)c2)cc(C(F)(F)F)c1.[N-]=[N+]=NCC(=O)c1c2ccccc2cc[n+]1Cc1ccccc1. The van der Waals surface area contributed by atoms with Crippen molar-refractivity contribution in [1.82, 2.24) is 0 Å². The van der Waals surface area contributed by atoms with Gasteiger partial charge in [0.15, 0.2) is 12.7 Å². The summed E-state index contributed by atoms with van der Waals surface area (Å²) in [7, 11) is 0. The number of azide groups is 1. The fraction of sp³-hybridized carbons (Fsp3) is 0.200. The second-order valence-corrected chi connectivity index (χ2v) is 17.4. The molecule has 0 aliphatic heterocycles. The molecular weight excluding hydrogens is 1140 g/mol. The summed E-state index contributed by atoms with van der Waals surface area (Å²) in [6.07, 6.45) is -52.9. The summed E-state index contributed by atoms with van der Waals surface area (Å²) in [6.45, 7) is 0.405. The quantitative estimate of drug-likeness (QED) is 0.0270. The molecule has 0 aliphatic carbocycles. The zero-order valence-electron chi connectivity index (χ0n) is 39.0. The van der Waals surface area contributed by atoms with Gasteiger partial charge in [0, 0.05) is 16.5 Å². The summed E-state index contributed by atoms with van der Waals surface area (Å²) in [6, 6.07) is 10.8. The van der Waals surface area contributed by atoms with Gasteiger partial charge in [-0.05, 0) is 41.2 Å². The molecule has 5 nitrogen and oxygen atoms in total. The van der Waals surface area contributed by atoms with Gasteiger partial charge in [0.05, 0.1) is 56.4 Å². The van der Waals surface area contributed by atoms with Gasteiger partial charge < -0.3 is 0 Å². The Morgan fingerprint density at radius 2 is 0.700 bits per heavy atom. The average molecular weight is 1170 g/mol. The summed E-state index contributed by atoms with van der Waals surface area (Å²) >= 11 is 0. The van der Waals surface area contributed by atoms with E-state index in [2.05, 4.69) is 10.0 Å². The number of alkyl halides is 24. The van der Waals surface area contributed by atoms with Gasteiger partial charge in [0.25, 0.3) is 5.69 Å². The Morgan fingerprint density at radius 1 is 0.412 bits per heavy atom. The zero-order valence-corrected chi connectivity index (χ0v) is 39.0. The van der Waals surface area contributed by atoms with Gasteiger partial charge in [-0.15, -0.1) is 0 Å². The van der Waals surface area contributed by atoms with Gasteiger partial charge in [-0.3, -0.25) is 4.79 Å². The van der Waals surface area contributed by atoms with Crippen molar-refractivity contribution in [1.29, 1.82) is 0 Å². The fourth-order valence-electron chi connectivity index (χ4n) is 8.72. The largest absolute Gasteiger partial charge is 0.416 e. The smallest absolute Gasteiger partial charge is 0.287 e. The molecule has 1 heterocycles. The Labute approximate surface area is 432 Å². The van der Waals surface area contributed by atoms with Crippen LogP contribution < -0.4 is 26.4 Å². The molecule has 0 amide bonds. The molecule has 30 heteroatoms. The number of ketones is 1. The van der Waals surface area contributed by atoms with Crippen molar-refractivity contribution < 1.29 is 115 Å². The van der Waals surface area contributed by atoms with E-state index in [9.17, 15) is 110 Å². The number of hydrogen-bond acceptors (Lipinski definition) is 2. The van der Waals surface area contributed by atoms with Crippen LogP contribution in [0, 0.1) is 0 Å². The maximum atomic E-state index is 14.2. The Balaban J connectivity index is 0.000000370. The summed E-state index contributed by atoms with van der Waals surface area (Å²) in [5.41, 5.74) is -20.1. The molecule has 7 rings (SSSR count). The third-order valence-electron chi connectivity index (χ3n) is 12.1. The number of carbonyl (C=O) groups excluding carboxylic acids is 1. The molecule has 0 fully saturated rings. The maximum absolute atomic E-state index is 14.2. The molecule has 0 radical (unpaired) electrons. The highest BCUT2D eigenvalue weighted by atomic mass is 19.4. The average Bonchev–Trinajstić information content (AvgIpc) is 3.34. The van der Waals surface area contributed by atoms with Crippen molar-refractivity contribution in [2.24, 2.45) is 5.11 Å². The Bertz CT molecular complexity index is 3040. The molecule has 0 spiro atoms. The summed E-state index contributed by atoms with van der Waals surface area (Å²) < 4.78 is 343. The Hall–Kier alpha value is -7.91. The molecule has 1 aromatic heterocycles. The molecule has 6 aromatic carbocycles. The topological polar surface area (TPSA) is 69.7 Å². The van der Waals surface area contributed by atoms with E-state index >= 15 is 0 Å². The van der Waals surface area contributed by atoms with Crippen LogP contribution in [-0.2, 0) is 56.0 Å². The van der Waals surface area contributed by atoms with E-state index in [1.165, 1.54) is 0 Å². The molecular formula is C50H27BF24N4O. The minimum atomic E-state index is -6.13. The van der Waals surface area contributed by atoms with Crippen LogP contribution in [0.4, 0.5) is 105 Å². The molecule has 0 saturated heterocycles. The number of nitrogens with zero attached hydrogens (tertiary/aromatic N) is 4. The van der Waals surface area contributed by atoms with E-state index in [-0.39, 0.29) is 12.3 Å². The lowest BCUT2D eigenvalue weighted by atomic mass is 9.12. The van der Waals surface area contributed by atoms with E-state index in [1.807, 2.05) is 71.4 Å². The lowest BCUT2D eigenvalue weighted by molar-refractivity contribution is -0.688. The van der Waals surface area contributed by atoms with Gasteiger partial charge >= 0.3 is 49.4 Å². The van der Waals surface area contributed by atoms with Crippen LogP contribution >= 0.6 is 0 Å². The number of Topliss-reactive ketones (excluding diaryl/α,β-unsaturated/α-hetero) is 1. The molecule has 0 N–H and O–H groups in total. The zero-order chi connectivity index (χ0) is 60.0.